The largest absolute Gasteiger partial charge is 0.349 e. The van der Waals surface area contributed by atoms with Crippen molar-refractivity contribution in [3.63, 3.8) is 0 Å². The van der Waals surface area contributed by atoms with Gasteiger partial charge in [0.25, 0.3) is 11.5 Å². The third kappa shape index (κ3) is 4.48. The van der Waals surface area contributed by atoms with Gasteiger partial charge < -0.3 is 10.3 Å². The highest BCUT2D eigenvalue weighted by atomic mass is 35.5. The number of likely N-dealkylation sites (tertiary alicyclic amines) is 1. The van der Waals surface area contributed by atoms with Crippen LogP contribution in [-0.2, 0) is 13.6 Å². The summed E-state index contributed by atoms with van der Waals surface area (Å²) in [5.74, 6) is -0.131. The van der Waals surface area contributed by atoms with Gasteiger partial charge in [-0.25, -0.2) is 0 Å². The van der Waals surface area contributed by atoms with Crippen molar-refractivity contribution in [3.05, 3.63) is 73.7 Å². The molecule has 0 spiro atoms. The van der Waals surface area contributed by atoms with Gasteiger partial charge in [-0.2, -0.15) is 0 Å². The molecule has 156 valence electrons. The molecule has 2 aromatic carbocycles. The first-order chi connectivity index (χ1) is 14.4. The molecule has 1 fully saturated rings. The van der Waals surface area contributed by atoms with Crippen molar-refractivity contribution in [1.29, 1.82) is 0 Å². The maximum atomic E-state index is 12.7. The second kappa shape index (κ2) is 8.71. The lowest BCUT2D eigenvalue weighted by atomic mass is 10.0. The number of hydrogen-bond donors (Lipinski definition) is 2. The van der Waals surface area contributed by atoms with Crippen molar-refractivity contribution in [2.45, 2.75) is 25.4 Å². The molecule has 30 heavy (non-hydrogen) atoms. The number of aromatic amines is 1. The number of carbonyl (C=O) groups is 1. The molecule has 0 unspecified atom stereocenters. The second-order valence-electron chi connectivity index (χ2n) is 7.71. The first kappa shape index (κ1) is 20.8. The molecule has 0 bridgehead atoms. The van der Waals surface area contributed by atoms with Gasteiger partial charge in [-0.1, -0.05) is 23.7 Å². The van der Waals surface area contributed by atoms with Crippen LogP contribution in [0, 0.1) is 4.77 Å². The van der Waals surface area contributed by atoms with Gasteiger partial charge in [-0.05, 0) is 61.0 Å². The summed E-state index contributed by atoms with van der Waals surface area (Å²) in [5, 5.41) is 4.38. The van der Waals surface area contributed by atoms with Crippen LogP contribution < -0.4 is 10.9 Å². The highest BCUT2D eigenvalue weighted by molar-refractivity contribution is 7.71. The SMILES string of the molecule is Cn1c(=S)[nH]c2cc(C(=O)NC3CCN(Cc4ccc(Cl)cc4)CC3)ccc2c1=O. The van der Waals surface area contributed by atoms with Gasteiger partial charge in [-0.15, -0.1) is 0 Å². The Morgan fingerprint density at radius 1 is 1.20 bits per heavy atom. The van der Waals surface area contributed by atoms with Crippen molar-refractivity contribution in [1.82, 2.24) is 19.8 Å². The standard InChI is InChI=1S/C22H23ClN4O2S/c1-26-21(29)18-7-4-15(12-19(18)25-22(26)30)20(28)24-17-8-10-27(11-9-17)13-14-2-5-16(23)6-3-14/h2-7,12,17H,8-11,13H2,1H3,(H,24,28)(H,25,30). The summed E-state index contributed by atoms with van der Waals surface area (Å²) in [6, 6.07) is 13.1. The Labute approximate surface area is 184 Å². The zero-order valence-corrected chi connectivity index (χ0v) is 18.2. The van der Waals surface area contributed by atoms with Gasteiger partial charge in [0.15, 0.2) is 4.77 Å². The number of nitrogens with zero attached hydrogens (tertiary/aromatic N) is 2. The van der Waals surface area contributed by atoms with E-state index in [1.54, 1.807) is 25.2 Å². The number of H-pyrrole nitrogens is 1. The van der Waals surface area contributed by atoms with Gasteiger partial charge in [0.1, 0.15) is 0 Å². The van der Waals surface area contributed by atoms with E-state index in [9.17, 15) is 9.59 Å². The van der Waals surface area contributed by atoms with Crippen molar-refractivity contribution in [2.24, 2.45) is 7.05 Å². The van der Waals surface area contributed by atoms with Gasteiger partial charge in [0.05, 0.1) is 10.9 Å². The van der Waals surface area contributed by atoms with E-state index < -0.39 is 0 Å². The van der Waals surface area contributed by atoms with E-state index in [2.05, 4.69) is 27.3 Å². The highest BCUT2D eigenvalue weighted by Gasteiger charge is 2.21. The predicted octanol–water partition coefficient (Wildman–Crippen LogP) is 3.64. The number of benzene rings is 2. The molecular weight excluding hydrogens is 420 g/mol. The van der Waals surface area contributed by atoms with Crippen LogP contribution in [0.15, 0.2) is 47.3 Å². The molecule has 8 heteroatoms. The van der Waals surface area contributed by atoms with Gasteiger partial charge in [0, 0.05) is 43.3 Å². The summed E-state index contributed by atoms with van der Waals surface area (Å²) in [4.78, 5) is 30.4. The Bertz CT molecular complexity index is 1190. The number of fused-ring (bicyclic) bond motifs is 1. The van der Waals surface area contributed by atoms with Crippen LogP contribution in [0.2, 0.25) is 5.02 Å². The Hall–Kier alpha value is -2.48. The van der Waals surface area contributed by atoms with Crippen LogP contribution in [0.5, 0.6) is 0 Å². The molecular formula is C22H23ClN4O2S. The van der Waals surface area contributed by atoms with Crippen LogP contribution in [0.4, 0.5) is 0 Å². The normalized spacial score (nSPS) is 15.4. The lowest BCUT2D eigenvalue weighted by molar-refractivity contribution is 0.0909. The molecule has 1 aliphatic heterocycles. The minimum atomic E-state index is -0.172. The lowest BCUT2D eigenvalue weighted by Crippen LogP contribution is -2.44. The van der Waals surface area contributed by atoms with Crippen LogP contribution in [-0.4, -0.2) is 39.5 Å². The Balaban J connectivity index is 1.38. The van der Waals surface area contributed by atoms with E-state index in [0.717, 1.165) is 37.5 Å². The highest BCUT2D eigenvalue weighted by Crippen LogP contribution is 2.17. The van der Waals surface area contributed by atoms with Crippen molar-refractivity contribution < 1.29 is 4.79 Å². The van der Waals surface area contributed by atoms with Crippen LogP contribution in [0.1, 0.15) is 28.8 Å². The van der Waals surface area contributed by atoms with E-state index in [-0.39, 0.29) is 17.5 Å². The van der Waals surface area contributed by atoms with E-state index in [1.807, 2.05) is 12.1 Å². The summed E-state index contributed by atoms with van der Waals surface area (Å²) in [6.45, 7) is 2.74. The molecule has 0 saturated carbocycles. The molecule has 1 amide bonds. The number of rotatable bonds is 4. The van der Waals surface area contributed by atoms with E-state index in [0.29, 0.717) is 21.2 Å². The number of nitrogens with one attached hydrogen (secondary N) is 2. The van der Waals surface area contributed by atoms with Crippen molar-refractivity contribution in [3.8, 4) is 0 Å². The molecule has 0 atom stereocenters. The van der Waals surface area contributed by atoms with Gasteiger partial charge in [0.2, 0.25) is 0 Å². The minimum Gasteiger partial charge on any atom is -0.349 e. The topological polar surface area (TPSA) is 70.1 Å². The molecule has 1 aliphatic rings. The van der Waals surface area contributed by atoms with E-state index in [1.165, 1.54) is 10.1 Å². The number of hydrogen-bond acceptors (Lipinski definition) is 4. The smallest absolute Gasteiger partial charge is 0.261 e. The quantitative estimate of drug-likeness (QED) is 0.605. The molecule has 2 N–H and O–H groups in total. The Kier molecular flexibility index (Phi) is 6.04. The third-order valence-electron chi connectivity index (χ3n) is 5.61. The van der Waals surface area contributed by atoms with Crippen LogP contribution in [0.25, 0.3) is 10.9 Å². The molecule has 1 aromatic heterocycles. The van der Waals surface area contributed by atoms with E-state index >= 15 is 0 Å². The fourth-order valence-electron chi connectivity index (χ4n) is 3.80. The zero-order chi connectivity index (χ0) is 21.3. The summed E-state index contributed by atoms with van der Waals surface area (Å²) in [5.41, 5.74) is 2.16. The molecule has 6 nitrogen and oxygen atoms in total. The van der Waals surface area contributed by atoms with Crippen LogP contribution >= 0.6 is 23.8 Å². The first-order valence-electron chi connectivity index (χ1n) is 9.91. The Morgan fingerprint density at radius 3 is 2.60 bits per heavy atom. The molecule has 1 saturated heterocycles. The van der Waals surface area contributed by atoms with Crippen molar-refractivity contribution in [2.75, 3.05) is 13.1 Å². The first-order valence-corrected chi connectivity index (χ1v) is 10.7. The maximum absolute atomic E-state index is 12.7. The van der Waals surface area contributed by atoms with Gasteiger partial charge >= 0.3 is 0 Å². The average Bonchev–Trinajstić information content (AvgIpc) is 2.75. The predicted molar refractivity (Wildman–Crippen MR) is 122 cm³/mol. The van der Waals surface area contributed by atoms with Crippen LogP contribution in [0.3, 0.4) is 0 Å². The fraction of sp³-hybridized carbons (Fsp3) is 0.318. The number of aromatic nitrogens is 2. The van der Waals surface area contributed by atoms with E-state index in [4.69, 9.17) is 23.8 Å². The summed E-state index contributed by atoms with van der Waals surface area (Å²) in [6.07, 6.45) is 1.80. The average molecular weight is 443 g/mol. The number of carbonyl (C=O) groups excluding carboxylic acids is 1. The summed E-state index contributed by atoms with van der Waals surface area (Å²) < 4.78 is 1.72. The minimum absolute atomic E-state index is 0.131. The maximum Gasteiger partial charge on any atom is 0.261 e. The number of amides is 1. The fourth-order valence-corrected chi connectivity index (χ4v) is 4.12. The number of halogens is 1. The molecule has 4 rings (SSSR count). The summed E-state index contributed by atoms with van der Waals surface area (Å²) >= 11 is 11.1. The monoisotopic (exact) mass is 442 g/mol. The molecule has 2 heterocycles. The Morgan fingerprint density at radius 2 is 1.90 bits per heavy atom. The number of piperidine rings is 1. The molecule has 0 aliphatic carbocycles. The third-order valence-corrected chi connectivity index (χ3v) is 6.23. The van der Waals surface area contributed by atoms with Gasteiger partial charge in [-0.3, -0.25) is 19.1 Å². The van der Waals surface area contributed by atoms with Crippen molar-refractivity contribution >= 4 is 40.6 Å². The summed E-state index contributed by atoms with van der Waals surface area (Å²) in [7, 11) is 1.63. The molecule has 0 radical (unpaired) electrons. The lowest BCUT2D eigenvalue weighted by Gasteiger charge is -2.32. The zero-order valence-electron chi connectivity index (χ0n) is 16.7. The second-order valence-corrected chi connectivity index (χ2v) is 8.53. The molecule has 3 aromatic rings.